The second-order valence-corrected chi connectivity index (χ2v) is 3.47. The molecule has 2 nitrogen and oxygen atoms in total. The molecule has 2 aromatic rings. The molecule has 15 heavy (non-hydrogen) atoms. The van der Waals surface area contributed by atoms with Crippen molar-refractivity contribution in [2.45, 2.75) is 0 Å². The minimum absolute atomic E-state index is 0.118. The number of hydrogen-bond donors (Lipinski definition) is 2. The van der Waals surface area contributed by atoms with Gasteiger partial charge in [0.2, 0.25) is 0 Å². The van der Waals surface area contributed by atoms with Gasteiger partial charge in [0.1, 0.15) is 19.3 Å². The van der Waals surface area contributed by atoms with Crippen LogP contribution in [0.2, 0.25) is 0 Å². The molecule has 0 aliphatic rings. The van der Waals surface area contributed by atoms with Crippen molar-refractivity contribution in [3.8, 4) is 22.6 Å². The summed E-state index contributed by atoms with van der Waals surface area (Å²) >= 11 is 0. The molecule has 0 amide bonds. The van der Waals surface area contributed by atoms with Gasteiger partial charge in [0.05, 0.1) is 0 Å². The van der Waals surface area contributed by atoms with Gasteiger partial charge in [0.25, 0.3) is 0 Å². The molecule has 0 radical (unpaired) electrons. The fourth-order valence-electron chi connectivity index (χ4n) is 1.54. The Morgan fingerprint density at radius 1 is 0.867 bits per heavy atom. The number of phenols is 2. The molecule has 0 spiro atoms. The smallest absolute Gasteiger partial charge is 0.149 e. The van der Waals surface area contributed by atoms with Crippen molar-refractivity contribution >= 4 is 13.3 Å². The minimum Gasteiger partial charge on any atom is -0.508 e. The van der Waals surface area contributed by atoms with Gasteiger partial charge in [-0.1, -0.05) is 30.3 Å². The van der Waals surface area contributed by atoms with Crippen molar-refractivity contribution in [2.24, 2.45) is 0 Å². The summed E-state index contributed by atoms with van der Waals surface area (Å²) < 4.78 is 0. The Bertz CT molecular complexity index is 480. The second-order valence-electron chi connectivity index (χ2n) is 3.47. The lowest BCUT2D eigenvalue weighted by atomic mass is 9.89. The highest BCUT2D eigenvalue weighted by molar-refractivity contribution is 6.36. The molecule has 0 aliphatic heterocycles. The quantitative estimate of drug-likeness (QED) is 0.671. The summed E-state index contributed by atoms with van der Waals surface area (Å²) in [6.07, 6.45) is 0. The SMILES string of the molecule is Bc1c(O)ccc(-c2ccccc2)c1O. The van der Waals surface area contributed by atoms with E-state index >= 15 is 0 Å². The molecular formula is C12H11BO2. The lowest BCUT2D eigenvalue weighted by Crippen LogP contribution is -2.04. The standard InChI is InChI=1S/C12H11BO2/c13-11-10(14)7-6-9(12(11)15)8-4-2-1-3-5-8/h1-7,14-15H,13H2. The molecule has 0 heterocycles. The molecule has 0 aliphatic carbocycles. The maximum Gasteiger partial charge on any atom is 0.149 e. The molecule has 3 heteroatoms. The molecule has 0 fully saturated rings. The van der Waals surface area contributed by atoms with Crippen LogP contribution in [-0.4, -0.2) is 18.1 Å². The molecule has 74 valence electrons. The molecule has 2 N–H and O–H groups in total. The zero-order chi connectivity index (χ0) is 10.8. The summed E-state index contributed by atoms with van der Waals surface area (Å²) in [6.45, 7) is 0. The number of hydrogen-bond acceptors (Lipinski definition) is 2. The van der Waals surface area contributed by atoms with Gasteiger partial charge in [-0.2, -0.15) is 0 Å². The Morgan fingerprint density at radius 2 is 1.53 bits per heavy atom. The van der Waals surface area contributed by atoms with E-state index in [-0.39, 0.29) is 11.5 Å². The monoisotopic (exact) mass is 198 g/mol. The summed E-state index contributed by atoms with van der Waals surface area (Å²) in [5, 5.41) is 19.3. The third-order valence-corrected chi connectivity index (χ3v) is 2.49. The van der Waals surface area contributed by atoms with Gasteiger partial charge < -0.3 is 10.2 Å². The average Bonchev–Trinajstić information content (AvgIpc) is 2.27. The van der Waals surface area contributed by atoms with E-state index in [9.17, 15) is 10.2 Å². The van der Waals surface area contributed by atoms with Crippen LogP contribution in [0.4, 0.5) is 0 Å². The van der Waals surface area contributed by atoms with Crippen LogP contribution in [0.3, 0.4) is 0 Å². The Morgan fingerprint density at radius 3 is 2.20 bits per heavy atom. The summed E-state index contributed by atoms with van der Waals surface area (Å²) in [7, 11) is 1.69. The van der Waals surface area contributed by atoms with Crippen LogP contribution in [0.5, 0.6) is 11.5 Å². The first-order chi connectivity index (χ1) is 7.20. The summed E-state index contributed by atoms with van der Waals surface area (Å²) in [5.41, 5.74) is 2.19. The molecular weight excluding hydrogens is 187 g/mol. The zero-order valence-electron chi connectivity index (χ0n) is 8.44. The Kier molecular flexibility index (Phi) is 2.38. The van der Waals surface area contributed by atoms with Crippen molar-refractivity contribution in [3.05, 3.63) is 42.5 Å². The lowest BCUT2D eigenvalue weighted by molar-refractivity contribution is 0.459. The zero-order valence-corrected chi connectivity index (χ0v) is 8.44. The van der Waals surface area contributed by atoms with Crippen LogP contribution in [0.15, 0.2) is 42.5 Å². The average molecular weight is 198 g/mol. The number of phenolic OH excluding ortho intramolecular Hbond substituents is 2. The first-order valence-corrected chi connectivity index (χ1v) is 4.77. The van der Waals surface area contributed by atoms with E-state index < -0.39 is 0 Å². The minimum atomic E-state index is 0.118. The first-order valence-electron chi connectivity index (χ1n) is 4.77. The fourth-order valence-corrected chi connectivity index (χ4v) is 1.54. The molecule has 0 aromatic heterocycles. The molecule has 2 rings (SSSR count). The maximum absolute atomic E-state index is 9.87. The van der Waals surface area contributed by atoms with E-state index in [1.165, 1.54) is 0 Å². The third-order valence-electron chi connectivity index (χ3n) is 2.49. The van der Waals surface area contributed by atoms with Gasteiger partial charge in [-0.25, -0.2) is 0 Å². The summed E-state index contributed by atoms with van der Waals surface area (Å²) in [5.74, 6) is 0.258. The largest absolute Gasteiger partial charge is 0.508 e. The molecule has 0 unspecified atom stereocenters. The Balaban J connectivity index is 2.60. The van der Waals surface area contributed by atoms with Gasteiger partial charge in [0.15, 0.2) is 0 Å². The van der Waals surface area contributed by atoms with Crippen LogP contribution in [-0.2, 0) is 0 Å². The lowest BCUT2D eigenvalue weighted by Gasteiger charge is -2.08. The summed E-state index contributed by atoms with van der Waals surface area (Å²) in [4.78, 5) is 0. The predicted octanol–water partition coefficient (Wildman–Crippen LogP) is 1.02. The molecule has 0 bridgehead atoms. The van der Waals surface area contributed by atoms with E-state index in [1.807, 2.05) is 30.3 Å². The van der Waals surface area contributed by atoms with Gasteiger partial charge in [-0.3, -0.25) is 0 Å². The number of rotatable bonds is 1. The normalized spacial score (nSPS) is 10.1. The van der Waals surface area contributed by atoms with E-state index in [0.29, 0.717) is 5.46 Å². The maximum atomic E-state index is 9.87. The Labute approximate surface area is 89.2 Å². The topological polar surface area (TPSA) is 40.5 Å². The van der Waals surface area contributed by atoms with E-state index in [4.69, 9.17) is 0 Å². The highest BCUT2D eigenvalue weighted by Crippen LogP contribution is 2.29. The van der Waals surface area contributed by atoms with Crippen LogP contribution in [0.1, 0.15) is 0 Å². The summed E-state index contributed by atoms with van der Waals surface area (Å²) in [6, 6.07) is 12.9. The van der Waals surface area contributed by atoms with Crippen molar-refractivity contribution in [3.63, 3.8) is 0 Å². The van der Waals surface area contributed by atoms with Crippen molar-refractivity contribution < 1.29 is 10.2 Å². The molecule has 0 atom stereocenters. The van der Waals surface area contributed by atoms with Crippen LogP contribution in [0, 0.1) is 0 Å². The fraction of sp³-hybridized carbons (Fsp3) is 0. The van der Waals surface area contributed by atoms with E-state index in [2.05, 4.69) is 0 Å². The van der Waals surface area contributed by atoms with Crippen LogP contribution in [0.25, 0.3) is 11.1 Å². The van der Waals surface area contributed by atoms with Gasteiger partial charge in [-0.05, 0) is 23.2 Å². The molecule has 2 aromatic carbocycles. The highest BCUT2D eigenvalue weighted by Gasteiger charge is 2.08. The van der Waals surface area contributed by atoms with Gasteiger partial charge >= 0.3 is 0 Å². The number of benzene rings is 2. The highest BCUT2D eigenvalue weighted by atomic mass is 16.3. The van der Waals surface area contributed by atoms with Crippen molar-refractivity contribution in [1.82, 2.24) is 0 Å². The van der Waals surface area contributed by atoms with Crippen molar-refractivity contribution in [1.29, 1.82) is 0 Å². The molecule has 0 saturated carbocycles. The number of aromatic hydroxyl groups is 2. The van der Waals surface area contributed by atoms with Crippen LogP contribution >= 0.6 is 0 Å². The van der Waals surface area contributed by atoms with Gasteiger partial charge in [-0.15, -0.1) is 0 Å². The van der Waals surface area contributed by atoms with Crippen molar-refractivity contribution in [2.75, 3.05) is 0 Å². The predicted molar refractivity (Wildman–Crippen MR) is 63.4 cm³/mol. The third kappa shape index (κ3) is 1.68. The van der Waals surface area contributed by atoms with E-state index in [0.717, 1.165) is 11.1 Å². The first kappa shape index (κ1) is 9.65. The Hall–Kier alpha value is -1.90. The van der Waals surface area contributed by atoms with Crippen LogP contribution < -0.4 is 5.46 Å². The molecule has 0 saturated heterocycles. The van der Waals surface area contributed by atoms with E-state index in [1.54, 1.807) is 20.0 Å². The van der Waals surface area contributed by atoms with Gasteiger partial charge in [0, 0.05) is 5.56 Å². The second kappa shape index (κ2) is 3.69.